The molecule has 0 amide bonds. The van der Waals surface area contributed by atoms with Crippen molar-refractivity contribution in [3.8, 4) is 0 Å². The zero-order valence-corrected chi connectivity index (χ0v) is 10.9. The average Bonchev–Trinajstić information content (AvgIpc) is 2.36. The molecule has 0 saturated carbocycles. The highest BCUT2D eigenvalue weighted by Crippen LogP contribution is 2.20. The Bertz CT molecular complexity index is 301. The van der Waals surface area contributed by atoms with Crippen molar-refractivity contribution in [2.75, 3.05) is 14.1 Å². The van der Waals surface area contributed by atoms with Crippen molar-refractivity contribution < 1.29 is 5.11 Å². The first-order chi connectivity index (χ1) is 7.57. The third-order valence-electron chi connectivity index (χ3n) is 3.09. The highest BCUT2D eigenvalue weighted by atomic mass is 32.1. The average molecular weight is 240 g/mol. The Kier molecular flexibility index (Phi) is 4.96. The molecule has 0 fully saturated rings. The summed E-state index contributed by atoms with van der Waals surface area (Å²) in [7, 11) is 3.69. The molecule has 16 heavy (non-hydrogen) atoms. The molecule has 1 aliphatic rings. The zero-order chi connectivity index (χ0) is 12.1. The van der Waals surface area contributed by atoms with Gasteiger partial charge in [0.05, 0.1) is 12.1 Å². The molecule has 0 aromatic rings. The second-order valence-electron chi connectivity index (χ2n) is 4.11. The van der Waals surface area contributed by atoms with Gasteiger partial charge in [0.15, 0.2) is 5.11 Å². The fourth-order valence-electron chi connectivity index (χ4n) is 1.80. The Hall–Kier alpha value is -0.870. The van der Waals surface area contributed by atoms with E-state index in [1.54, 1.807) is 7.05 Å². The van der Waals surface area contributed by atoms with Gasteiger partial charge in [-0.1, -0.05) is 24.3 Å². The molecular weight excluding hydrogens is 220 g/mol. The molecular formula is C12H20N2OS. The molecule has 0 aromatic carbocycles. The lowest BCUT2D eigenvalue weighted by Crippen LogP contribution is -2.48. The summed E-state index contributed by atoms with van der Waals surface area (Å²) in [5.41, 5.74) is 0. The Morgan fingerprint density at radius 1 is 1.56 bits per heavy atom. The van der Waals surface area contributed by atoms with Crippen LogP contribution in [0.15, 0.2) is 24.3 Å². The molecule has 0 bridgehead atoms. The van der Waals surface area contributed by atoms with Crippen LogP contribution in [0.2, 0.25) is 0 Å². The van der Waals surface area contributed by atoms with Crippen molar-refractivity contribution >= 4 is 17.3 Å². The number of rotatable bonds is 3. The Morgan fingerprint density at radius 3 is 2.75 bits per heavy atom. The summed E-state index contributed by atoms with van der Waals surface area (Å²) in [6.07, 6.45) is 8.62. The number of nitrogens with zero attached hydrogens (tertiary/aromatic N) is 1. The number of allylic oxidation sites excluding steroid dienone is 3. The largest absolute Gasteiger partial charge is 0.390 e. The number of likely N-dealkylation sites (N-methyl/N-ethyl adjacent to an activating group) is 1. The van der Waals surface area contributed by atoms with E-state index in [0.29, 0.717) is 5.11 Å². The number of aliphatic hydroxyl groups is 1. The first kappa shape index (κ1) is 13.2. The first-order valence-corrected chi connectivity index (χ1v) is 5.94. The summed E-state index contributed by atoms with van der Waals surface area (Å²) in [5, 5.41) is 13.8. The molecule has 0 aliphatic heterocycles. The quantitative estimate of drug-likeness (QED) is 0.729. The molecule has 1 unspecified atom stereocenters. The monoisotopic (exact) mass is 240 g/mol. The van der Waals surface area contributed by atoms with Gasteiger partial charge in [-0.25, -0.2) is 0 Å². The molecule has 90 valence electrons. The molecule has 0 radical (unpaired) electrons. The van der Waals surface area contributed by atoms with Crippen molar-refractivity contribution in [3.05, 3.63) is 24.3 Å². The predicted molar refractivity (Wildman–Crippen MR) is 71.3 cm³/mol. The summed E-state index contributed by atoms with van der Waals surface area (Å²) >= 11 is 5.15. The second-order valence-corrected chi connectivity index (χ2v) is 4.50. The topological polar surface area (TPSA) is 35.5 Å². The fraction of sp³-hybridized carbons (Fsp3) is 0.583. The maximum absolute atomic E-state index is 10.2. The summed E-state index contributed by atoms with van der Waals surface area (Å²) in [5.74, 6) is 0.183. The van der Waals surface area contributed by atoms with Crippen molar-refractivity contribution in [2.45, 2.75) is 25.5 Å². The number of thiocarbonyl (C=S) groups is 1. The standard InChI is InChI=1S/C12H20N2OS/c1-9(14(3)12(16)13-2)11(15)10-7-5-4-6-8-10/h4-7,9-11,15H,8H2,1-3H3,(H,13,16)/t9-,10?,11+/m0/s1. The van der Waals surface area contributed by atoms with Crippen molar-refractivity contribution in [3.63, 3.8) is 0 Å². The Morgan fingerprint density at radius 2 is 2.25 bits per heavy atom. The van der Waals surface area contributed by atoms with Gasteiger partial charge in [-0.3, -0.25) is 0 Å². The normalized spacial score (nSPS) is 22.6. The van der Waals surface area contributed by atoms with E-state index in [1.807, 2.05) is 31.0 Å². The smallest absolute Gasteiger partial charge is 0.168 e. The molecule has 4 heteroatoms. The Balaban J connectivity index is 2.59. The molecule has 0 saturated heterocycles. The van der Waals surface area contributed by atoms with Crippen LogP contribution in [0.1, 0.15) is 13.3 Å². The van der Waals surface area contributed by atoms with Gasteiger partial charge >= 0.3 is 0 Å². The van der Waals surface area contributed by atoms with E-state index in [9.17, 15) is 5.11 Å². The molecule has 1 rings (SSSR count). The summed E-state index contributed by atoms with van der Waals surface area (Å²) < 4.78 is 0. The van der Waals surface area contributed by atoms with Gasteiger partial charge < -0.3 is 15.3 Å². The van der Waals surface area contributed by atoms with Crippen LogP contribution in [0.25, 0.3) is 0 Å². The number of hydrogen-bond acceptors (Lipinski definition) is 2. The Labute approximate surface area is 103 Å². The third-order valence-corrected chi connectivity index (χ3v) is 3.58. The van der Waals surface area contributed by atoms with E-state index < -0.39 is 6.10 Å². The summed E-state index contributed by atoms with van der Waals surface area (Å²) in [6.45, 7) is 1.99. The van der Waals surface area contributed by atoms with E-state index in [2.05, 4.69) is 17.5 Å². The van der Waals surface area contributed by atoms with Crippen molar-refractivity contribution in [2.24, 2.45) is 5.92 Å². The van der Waals surface area contributed by atoms with Gasteiger partial charge in [-0.15, -0.1) is 0 Å². The predicted octanol–water partition coefficient (Wildman–Crippen LogP) is 1.30. The van der Waals surface area contributed by atoms with Crippen molar-refractivity contribution in [1.29, 1.82) is 0 Å². The lowest BCUT2D eigenvalue weighted by molar-refractivity contribution is 0.0673. The number of hydrogen-bond donors (Lipinski definition) is 2. The van der Waals surface area contributed by atoms with Crippen LogP contribution >= 0.6 is 12.2 Å². The van der Waals surface area contributed by atoms with Crippen LogP contribution < -0.4 is 5.32 Å². The number of nitrogens with one attached hydrogen (secondary N) is 1. The van der Waals surface area contributed by atoms with Crippen LogP contribution in [0.5, 0.6) is 0 Å². The summed E-state index contributed by atoms with van der Waals surface area (Å²) in [4.78, 5) is 1.90. The van der Waals surface area contributed by atoms with Crippen LogP contribution in [0.4, 0.5) is 0 Å². The molecule has 3 atom stereocenters. The second kappa shape index (κ2) is 6.01. The number of aliphatic hydroxyl groups excluding tert-OH is 1. The van der Waals surface area contributed by atoms with Crippen LogP contribution in [0, 0.1) is 5.92 Å². The molecule has 0 heterocycles. The van der Waals surface area contributed by atoms with Crippen molar-refractivity contribution in [1.82, 2.24) is 10.2 Å². The summed E-state index contributed by atoms with van der Waals surface area (Å²) in [6, 6.07) is 0.00102. The van der Waals surface area contributed by atoms with Gasteiger partial charge in [-0.2, -0.15) is 0 Å². The first-order valence-electron chi connectivity index (χ1n) is 5.54. The van der Waals surface area contributed by atoms with Gasteiger partial charge in [0.1, 0.15) is 0 Å². The molecule has 1 aliphatic carbocycles. The molecule has 0 aromatic heterocycles. The highest BCUT2D eigenvalue weighted by molar-refractivity contribution is 7.80. The minimum atomic E-state index is -0.405. The van der Waals surface area contributed by atoms with E-state index in [-0.39, 0.29) is 12.0 Å². The van der Waals surface area contributed by atoms with E-state index in [0.717, 1.165) is 6.42 Å². The van der Waals surface area contributed by atoms with Crippen LogP contribution in [-0.4, -0.2) is 41.4 Å². The van der Waals surface area contributed by atoms with Crippen LogP contribution in [-0.2, 0) is 0 Å². The van der Waals surface area contributed by atoms with Gasteiger partial charge in [0.25, 0.3) is 0 Å². The molecule has 2 N–H and O–H groups in total. The zero-order valence-electron chi connectivity index (χ0n) is 10.1. The van der Waals surface area contributed by atoms with Gasteiger partial charge in [-0.05, 0) is 25.6 Å². The third kappa shape index (κ3) is 3.06. The van der Waals surface area contributed by atoms with E-state index >= 15 is 0 Å². The minimum Gasteiger partial charge on any atom is -0.390 e. The molecule has 0 spiro atoms. The van der Waals surface area contributed by atoms with Gasteiger partial charge in [0.2, 0.25) is 0 Å². The van der Waals surface area contributed by atoms with Gasteiger partial charge in [0, 0.05) is 20.0 Å². The fourth-order valence-corrected chi connectivity index (χ4v) is 1.97. The highest BCUT2D eigenvalue weighted by Gasteiger charge is 2.26. The SMILES string of the molecule is CNC(=S)N(C)[C@@H](C)[C@@H](O)C1C=CC=CC1. The maximum Gasteiger partial charge on any atom is 0.168 e. The lowest BCUT2D eigenvalue weighted by atomic mass is 9.90. The maximum atomic E-state index is 10.2. The van der Waals surface area contributed by atoms with E-state index in [4.69, 9.17) is 12.2 Å². The molecule has 3 nitrogen and oxygen atoms in total. The van der Waals surface area contributed by atoms with Crippen LogP contribution in [0.3, 0.4) is 0 Å². The van der Waals surface area contributed by atoms with E-state index in [1.165, 1.54) is 0 Å². The minimum absolute atomic E-state index is 0.00102. The lowest BCUT2D eigenvalue weighted by Gasteiger charge is -2.34.